The van der Waals surface area contributed by atoms with Crippen molar-refractivity contribution in [3.05, 3.63) is 23.2 Å². The summed E-state index contributed by atoms with van der Waals surface area (Å²) in [5, 5.41) is 2.99. The molecule has 0 bridgehead atoms. The van der Waals surface area contributed by atoms with E-state index in [1.807, 2.05) is 0 Å². The van der Waals surface area contributed by atoms with Crippen LogP contribution >= 0.6 is 0 Å². The number of rotatable bonds is 4. The molecule has 1 amide bonds. The highest BCUT2D eigenvalue weighted by atomic mass is 16.5. The lowest BCUT2D eigenvalue weighted by Gasteiger charge is -2.34. The molecule has 122 valence electrons. The van der Waals surface area contributed by atoms with Gasteiger partial charge in [-0.15, -0.1) is 0 Å². The SMILES string of the molecule is Cc1cc(C(=O)OCC(=O)N[C@H]2CCC[C@H](C)[C@H]2C)c(C)o1. The number of furan rings is 1. The lowest BCUT2D eigenvalue weighted by Crippen LogP contribution is -2.45. The van der Waals surface area contributed by atoms with E-state index in [9.17, 15) is 9.59 Å². The van der Waals surface area contributed by atoms with Gasteiger partial charge in [-0.1, -0.05) is 26.7 Å². The maximum Gasteiger partial charge on any atom is 0.342 e. The van der Waals surface area contributed by atoms with Crippen LogP contribution in [0.1, 0.15) is 55.0 Å². The van der Waals surface area contributed by atoms with Gasteiger partial charge < -0.3 is 14.5 Å². The molecule has 1 aromatic heterocycles. The van der Waals surface area contributed by atoms with E-state index in [-0.39, 0.29) is 18.6 Å². The fourth-order valence-electron chi connectivity index (χ4n) is 3.08. The second-order valence-electron chi connectivity index (χ2n) is 6.34. The van der Waals surface area contributed by atoms with Crippen molar-refractivity contribution in [2.45, 2.75) is 53.0 Å². The van der Waals surface area contributed by atoms with Gasteiger partial charge in [0.2, 0.25) is 0 Å². The molecule has 2 rings (SSSR count). The van der Waals surface area contributed by atoms with E-state index in [1.165, 1.54) is 6.42 Å². The minimum Gasteiger partial charge on any atom is -0.466 e. The van der Waals surface area contributed by atoms with Crippen LogP contribution in [0.4, 0.5) is 0 Å². The van der Waals surface area contributed by atoms with Gasteiger partial charge in [0.25, 0.3) is 5.91 Å². The van der Waals surface area contributed by atoms with Crippen LogP contribution in [-0.2, 0) is 9.53 Å². The topological polar surface area (TPSA) is 68.5 Å². The molecule has 1 heterocycles. The van der Waals surface area contributed by atoms with E-state index < -0.39 is 5.97 Å². The van der Waals surface area contributed by atoms with Crippen LogP contribution in [-0.4, -0.2) is 24.5 Å². The third kappa shape index (κ3) is 3.90. The summed E-state index contributed by atoms with van der Waals surface area (Å²) in [6.07, 6.45) is 3.33. The molecule has 1 saturated carbocycles. The van der Waals surface area contributed by atoms with Gasteiger partial charge in [0, 0.05) is 6.04 Å². The van der Waals surface area contributed by atoms with Crippen molar-refractivity contribution in [2.24, 2.45) is 11.8 Å². The Hall–Kier alpha value is -1.78. The summed E-state index contributed by atoms with van der Waals surface area (Å²) in [4.78, 5) is 23.9. The molecule has 5 heteroatoms. The van der Waals surface area contributed by atoms with Crippen molar-refractivity contribution in [1.29, 1.82) is 0 Å². The zero-order chi connectivity index (χ0) is 16.3. The number of nitrogens with one attached hydrogen (secondary N) is 1. The molecule has 0 spiro atoms. The second kappa shape index (κ2) is 6.99. The van der Waals surface area contributed by atoms with E-state index in [2.05, 4.69) is 19.2 Å². The zero-order valence-corrected chi connectivity index (χ0v) is 13.8. The van der Waals surface area contributed by atoms with E-state index in [4.69, 9.17) is 9.15 Å². The predicted octanol–water partition coefficient (Wildman–Crippen LogP) is 2.99. The van der Waals surface area contributed by atoms with Crippen LogP contribution in [0.2, 0.25) is 0 Å². The summed E-state index contributed by atoms with van der Waals surface area (Å²) in [6, 6.07) is 1.80. The van der Waals surface area contributed by atoms with Crippen molar-refractivity contribution in [1.82, 2.24) is 5.32 Å². The summed E-state index contributed by atoms with van der Waals surface area (Å²) in [7, 11) is 0. The van der Waals surface area contributed by atoms with E-state index in [1.54, 1.807) is 19.9 Å². The van der Waals surface area contributed by atoms with Gasteiger partial charge in [0.05, 0.1) is 0 Å². The molecule has 1 N–H and O–H groups in total. The summed E-state index contributed by atoms with van der Waals surface area (Å²) < 4.78 is 10.4. The third-order valence-corrected chi connectivity index (χ3v) is 4.65. The molecule has 3 atom stereocenters. The Kier molecular flexibility index (Phi) is 5.27. The first-order valence-corrected chi connectivity index (χ1v) is 7.92. The number of ether oxygens (including phenoxy) is 1. The zero-order valence-electron chi connectivity index (χ0n) is 13.8. The molecule has 5 nitrogen and oxygen atoms in total. The Morgan fingerprint density at radius 1 is 1.32 bits per heavy atom. The van der Waals surface area contributed by atoms with Crippen molar-refractivity contribution in [2.75, 3.05) is 6.61 Å². The second-order valence-corrected chi connectivity index (χ2v) is 6.34. The number of hydrogen-bond donors (Lipinski definition) is 1. The van der Waals surface area contributed by atoms with Crippen molar-refractivity contribution >= 4 is 11.9 Å². The first kappa shape index (κ1) is 16.6. The Morgan fingerprint density at radius 2 is 2.05 bits per heavy atom. The summed E-state index contributed by atoms with van der Waals surface area (Å²) in [5.74, 6) is 1.47. The molecule has 22 heavy (non-hydrogen) atoms. The highest BCUT2D eigenvalue weighted by molar-refractivity contribution is 5.92. The van der Waals surface area contributed by atoms with Gasteiger partial charge in [0.15, 0.2) is 6.61 Å². The molecule has 1 aliphatic carbocycles. The largest absolute Gasteiger partial charge is 0.466 e. The first-order chi connectivity index (χ1) is 10.4. The highest BCUT2D eigenvalue weighted by Gasteiger charge is 2.28. The quantitative estimate of drug-likeness (QED) is 0.868. The van der Waals surface area contributed by atoms with Crippen LogP contribution < -0.4 is 5.32 Å². The fraction of sp³-hybridized carbons (Fsp3) is 0.647. The van der Waals surface area contributed by atoms with Gasteiger partial charge in [-0.2, -0.15) is 0 Å². The van der Waals surface area contributed by atoms with Crippen LogP contribution in [0.5, 0.6) is 0 Å². The Morgan fingerprint density at radius 3 is 2.68 bits per heavy atom. The van der Waals surface area contributed by atoms with E-state index in [0.29, 0.717) is 28.9 Å². The Bertz CT molecular complexity index is 549. The predicted molar refractivity (Wildman–Crippen MR) is 82.6 cm³/mol. The lowest BCUT2D eigenvalue weighted by molar-refractivity contribution is -0.125. The minimum absolute atomic E-state index is 0.174. The van der Waals surface area contributed by atoms with Gasteiger partial charge in [-0.25, -0.2) is 4.79 Å². The highest BCUT2D eigenvalue weighted by Crippen LogP contribution is 2.29. The molecule has 1 fully saturated rings. The molecule has 0 unspecified atom stereocenters. The lowest BCUT2D eigenvalue weighted by atomic mass is 9.78. The molecule has 0 aliphatic heterocycles. The average molecular weight is 307 g/mol. The van der Waals surface area contributed by atoms with Gasteiger partial charge in [-0.3, -0.25) is 4.79 Å². The molecular formula is C17H25NO4. The van der Waals surface area contributed by atoms with Crippen LogP contribution in [0.25, 0.3) is 0 Å². The van der Waals surface area contributed by atoms with Crippen LogP contribution in [0.15, 0.2) is 10.5 Å². The maximum absolute atomic E-state index is 12.0. The van der Waals surface area contributed by atoms with Crippen molar-refractivity contribution in [3.8, 4) is 0 Å². The molecule has 1 aliphatic rings. The molecule has 0 saturated heterocycles. The maximum atomic E-state index is 12.0. The number of carbonyl (C=O) groups is 2. The van der Waals surface area contributed by atoms with E-state index in [0.717, 1.165) is 12.8 Å². The van der Waals surface area contributed by atoms with Gasteiger partial charge in [0.1, 0.15) is 17.1 Å². The normalized spacial score (nSPS) is 24.8. The smallest absolute Gasteiger partial charge is 0.342 e. The van der Waals surface area contributed by atoms with Crippen LogP contribution in [0.3, 0.4) is 0 Å². The molecule has 0 radical (unpaired) electrons. The molecule has 0 aromatic carbocycles. The fourth-order valence-corrected chi connectivity index (χ4v) is 3.08. The number of carbonyl (C=O) groups excluding carboxylic acids is 2. The number of aryl methyl sites for hydroxylation is 2. The standard InChI is InChI=1S/C17H25NO4/c1-10-6-5-7-15(12(10)3)18-16(19)9-21-17(20)14-8-11(2)22-13(14)4/h8,10,12,15H,5-7,9H2,1-4H3,(H,18,19)/t10-,12+,15-/m0/s1. The average Bonchev–Trinajstić information content (AvgIpc) is 2.80. The Labute approximate surface area is 131 Å². The van der Waals surface area contributed by atoms with Gasteiger partial charge >= 0.3 is 5.97 Å². The molecular weight excluding hydrogens is 282 g/mol. The van der Waals surface area contributed by atoms with Crippen molar-refractivity contribution < 1.29 is 18.7 Å². The summed E-state index contributed by atoms with van der Waals surface area (Å²) in [6.45, 7) is 7.60. The van der Waals surface area contributed by atoms with Crippen molar-refractivity contribution in [3.63, 3.8) is 0 Å². The Balaban J connectivity index is 1.82. The first-order valence-electron chi connectivity index (χ1n) is 7.92. The minimum atomic E-state index is -0.519. The number of amides is 1. The monoisotopic (exact) mass is 307 g/mol. The van der Waals surface area contributed by atoms with Crippen LogP contribution in [0, 0.1) is 25.7 Å². The van der Waals surface area contributed by atoms with Gasteiger partial charge in [-0.05, 0) is 38.2 Å². The summed E-state index contributed by atoms with van der Waals surface area (Å²) >= 11 is 0. The number of hydrogen-bond acceptors (Lipinski definition) is 4. The van der Waals surface area contributed by atoms with E-state index >= 15 is 0 Å². The summed E-state index contributed by atoms with van der Waals surface area (Å²) in [5.41, 5.74) is 0.380. The number of esters is 1. The third-order valence-electron chi connectivity index (χ3n) is 4.65. The molecule has 1 aromatic rings.